The largest absolute Gasteiger partial charge is 0.493 e. The van der Waals surface area contributed by atoms with Crippen molar-refractivity contribution in [3.05, 3.63) is 53.9 Å². The van der Waals surface area contributed by atoms with Gasteiger partial charge in [-0.05, 0) is 36.8 Å². The van der Waals surface area contributed by atoms with Gasteiger partial charge in [0.05, 0.1) is 27.8 Å². The van der Waals surface area contributed by atoms with Gasteiger partial charge in [-0.3, -0.25) is 0 Å². The van der Waals surface area contributed by atoms with Crippen molar-refractivity contribution >= 4 is 9.92 Å². The normalized spacial score (nSPS) is 13.2. The number of nitrogens with two attached hydrogens (primary N) is 1. The highest BCUT2D eigenvalue weighted by atomic mass is 32.2. The molecule has 2 heterocycles. The maximum absolute atomic E-state index is 11.5. The summed E-state index contributed by atoms with van der Waals surface area (Å²) >= 11 is 0. The number of hydrogen-bond acceptors (Lipinski definition) is 6. The van der Waals surface area contributed by atoms with E-state index in [1.165, 1.54) is 23.0 Å². The van der Waals surface area contributed by atoms with Crippen LogP contribution < -0.4 is 5.14 Å². The molecule has 0 fully saturated rings. The fraction of sp³-hybridized carbons (Fsp3) is 0.0625. The molecule has 0 aliphatic carbocycles. The van der Waals surface area contributed by atoms with Crippen LogP contribution in [-0.2, 0) is 9.92 Å². The molecule has 1 unspecified atom stereocenters. The lowest BCUT2D eigenvalue weighted by Gasteiger charge is -2.05. The van der Waals surface area contributed by atoms with Gasteiger partial charge in [-0.15, -0.1) is 0 Å². The van der Waals surface area contributed by atoms with Crippen LogP contribution in [0.4, 0.5) is 0 Å². The van der Waals surface area contributed by atoms with Gasteiger partial charge < -0.3 is 5.11 Å². The number of rotatable bonds is 3. The number of nitriles is 1. The topological polar surface area (TPSA) is 142 Å². The van der Waals surface area contributed by atoms with Crippen LogP contribution in [0.2, 0.25) is 0 Å². The fourth-order valence-corrected chi connectivity index (χ4v) is 2.88. The number of benzene rings is 1. The average molecular weight is 354 g/mol. The van der Waals surface area contributed by atoms with E-state index in [9.17, 15) is 9.32 Å². The van der Waals surface area contributed by atoms with Crippen LogP contribution in [0.5, 0.6) is 5.88 Å². The van der Waals surface area contributed by atoms with E-state index >= 15 is 0 Å². The Balaban J connectivity index is 2.06. The van der Waals surface area contributed by atoms with Crippen molar-refractivity contribution in [2.24, 2.45) is 5.14 Å². The molecule has 9 heteroatoms. The van der Waals surface area contributed by atoms with E-state index in [-0.39, 0.29) is 10.8 Å². The third-order valence-corrected chi connectivity index (χ3v) is 4.57. The summed E-state index contributed by atoms with van der Waals surface area (Å²) in [5, 5.41) is 29.0. The zero-order valence-electron chi connectivity index (χ0n) is 13.2. The summed E-state index contributed by atoms with van der Waals surface area (Å²) in [5.41, 5.74) is 2.34. The molecule has 0 aliphatic rings. The molecular formula is C16H14N6O2S. The summed E-state index contributed by atoms with van der Waals surface area (Å²) in [6.07, 6.45) is 1.22. The Morgan fingerprint density at radius 2 is 1.96 bits per heavy atom. The van der Waals surface area contributed by atoms with Gasteiger partial charge in [0.1, 0.15) is 9.92 Å². The minimum absolute atomic E-state index is 0.0898. The van der Waals surface area contributed by atoms with Crippen LogP contribution in [0.3, 0.4) is 0 Å². The van der Waals surface area contributed by atoms with Gasteiger partial charge in [0.2, 0.25) is 5.88 Å². The van der Waals surface area contributed by atoms with E-state index < -0.39 is 9.92 Å². The van der Waals surface area contributed by atoms with Crippen LogP contribution in [0.25, 0.3) is 16.9 Å². The first-order valence-corrected chi connectivity index (χ1v) is 8.75. The first kappa shape index (κ1) is 16.6. The van der Waals surface area contributed by atoms with E-state index in [4.69, 9.17) is 15.2 Å². The summed E-state index contributed by atoms with van der Waals surface area (Å²) in [5.74, 6) is 0.190. The molecule has 126 valence electrons. The summed E-state index contributed by atoms with van der Waals surface area (Å²) < 4.78 is 20.1. The SMILES string of the molecule is Cc1nn(-c2ccc(S(=N)(N)=O)cn2)c(O)c1-c1ccc(C#N)cc1. The quantitative estimate of drug-likeness (QED) is 0.660. The van der Waals surface area contributed by atoms with Crippen molar-refractivity contribution in [1.29, 1.82) is 10.0 Å². The van der Waals surface area contributed by atoms with Gasteiger partial charge >= 0.3 is 0 Å². The second kappa shape index (κ2) is 6.01. The van der Waals surface area contributed by atoms with Crippen molar-refractivity contribution in [3.8, 4) is 28.9 Å². The number of nitrogens with one attached hydrogen (secondary N) is 1. The highest BCUT2D eigenvalue weighted by Gasteiger charge is 2.18. The van der Waals surface area contributed by atoms with Gasteiger partial charge in [0.25, 0.3) is 0 Å². The first-order valence-electron chi connectivity index (χ1n) is 7.13. The average Bonchev–Trinajstić information content (AvgIpc) is 2.89. The second-order valence-electron chi connectivity index (χ2n) is 5.34. The molecule has 25 heavy (non-hydrogen) atoms. The maximum Gasteiger partial charge on any atom is 0.223 e. The number of aryl methyl sites for hydroxylation is 1. The number of pyridine rings is 1. The standard InChI is InChI=1S/C16H14N6O2S/c1-10-15(12-4-2-11(8-17)3-5-12)16(23)22(21-10)14-7-6-13(9-20-14)25(18,19)24/h2-7,9,23H,1H3,(H3,18,19,24). The van der Waals surface area contributed by atoms with E-state index in [0.717, 1.165) is 0 Å². The van der Waals surface area contributed by atoms with Gasteiger partial charge in [-0.25, -0.2) is 19.1 Å². The number of nitrogens with zero attached hydrogens (tertiary/aromatic N) is 4. The molecule has 0 saturated heterocycles. The zero-order valence-corrected chi connectivity index (χ0v) is 14.0. The third kappa shape index (κ3) is 3.08. The molecule has 0 aliphatic heterocycles. The van der Waals surface area contributed by atoms with E-state index in [1.807, 2.05) is 6.07 Å². The van der Waals surface area contributed by atoms with Gasteiger partial charge in [0, 0.05) is 6.20 Å². The summed E-state index contributed by atoms with van der Waals surface area (Å²) in [6, 6.07) is 11.7. The Labute approximate surface area is 144 Å². The Kier molecular flexibility index (Phi) is 4.00. The summed E-state index contributed by atoms with van der Waals surface area (Å²) in [7, 11) is -3.35. The Bertz CT molecular complexity index is 1080. The van der Waals surface area contributed by atoms with Crippen LogP contribution >= 0.6 is 0 Å². The van der Waals surface area contributed by atoms with Crippen LogP contribution in [-0.4, -0.2) is 24.1 Å². The van der Waals surface area contributed by atoms with Crippen molar-refractivity contribution in [2.75, 3.05) is 0 Å². The lowest BCUT2D eigenvalue weighted by Crippen LogP contribution is -2.11. The van der Waals surface area contributed by atoms with Crippen molar-refractivity contribution < 1.29 is 9.32 Å². The molecule has 0 amide bonds. The van der Waals surface area contributed by atoms with Gasteiger partial charge in [-0.1, -0.05) is 12.1 Å². The maximum atomic E-state index is 11.5. The summed E-state index contributed by atoms with van der Waals surface area (Å²) in [6.45, 7) is 1.74. The van der Waals surface area contributed by atoms with Crippen molar-refractivity contribution in [2.45, 2.75) is 11.8 Å². The molecule has 1 aromatic carbocycles. The van der Waals surface area contributed by atoms with Crippen molar-refractivity contribution in [3.63, 3.8) is 0 Å². The van der Waals surface area contributed by atoms with E-state index in [2.05, 4.69) is 10.1 Å². The zero-order chi connectivity index (χ0) is 18.2. The molecule has 1 atom stereocenters. The summed E-state index contributed by atoms with van der Waals surface area (Å²) in [4.78, 5) is 4.16. The Hall–Kier alpha value is -3.22. The first-order chi connectivity index (χ1) is 11.8. The van der Waals surface area contributed by atoms with E-state index in [0.29, 0.717) is 28.2 Å². The van der Waals surface area contributed by atoms with Crippen molar-refractivity contribution in [1.82, 2.24) is 14.8 Å². The van der Waals surface area contributed by atoms with E-state index in [1.54, 1.807) is 31.2 Å². The predicted molar refractivity (Wildman–Crippen MR) is 91.2 cm³/mol. The third-order valence-electron chi connectivity index (χ3n) is 3.63. The lowest BCUT2D eigenvalue weighted by atomic mass is 10.0. The van der Waals surface area contributed by atoms with Crippen LogP contribution in [0.1, 0.15) is 11.3 Å². The Morgan fingerprint density at radius 1 is 1.28 bits per heavy atom. The number of hydrogen-bond donors (Lipinski definition) is 3. The van der Waals surface area contributed by atoms with Crippen LogP contribution in [0.15, 0.2) is 47.5 Å². The molecule has 0 radical (unpaired) electrons. The smallest absolute Gasteiger partial charge is 0.223 e. The lowest BCUT2D eigenvalue weighted by molar-refractivity contribution is 0.433. The minimum Gasteiger partial charge on any atom is -0.493 e. The number of aromatic nitrogens is 3. The Morgan fingerprint density at radius 3 is 2.48 bits per heavy atom. The molecule has 3 aromatic rings. The molecule has 0 bridgehead atoms. The second-order valence-corrected chi connectivity index (χ2v) is 7.01. The van der Waals surface area contributed by atoms with Crippen LogP contribution in [0, 0.1) is 23.0 Å². The highest BCUT2D eigenvalue weighted by Crippen LogP contribution is 2.33. The predicted octanol–water partition coefficient (Wildman–Crippen LogP) is 2.10. The molecule has 0 spiro atoms. The molecule has 4 N–H and O–H groups in total. The number of aromatic hydroxyl groups is 1. The molecule has 2 aromatic heterocycles. The molecule has 3 rings (SSSR count). The minimum atomic E-state index is -3.35. The molecule has 0 saturated carbocycles. The fourth-order valence-electron chi connectivity index (χ4n) is 2.40. The monoisotopic (exact) mass is 354 g/mol. The van der Waals surface area contributed by atoms with Gasteiger partial charge in [-0.2, -0.15) is 15.0 Å². The van der Waals surface area contributed by atoms with Gasteiger partial charge in [0.15, 0.2) is 5.82 Å². The highest BCUT2D eigenvalue weighted by molar-refractivity contribution is 7.90. The molecule has 8 nitrogen and oxygen atoms in total. The molecular weight excluding hydrogens is 340 g/mol.